The second-order valence-electron chi connectivity index (χ2n) is 16.7. The van der Waals surface area contributed by atoms with Crippen LogP contribution in [0.5, 0.6) is 0 Å². The van der Waals surface area contributed by atoms with Gasteiger partial charge in [-0.2, -0.15) is 0 Å². The van der Waals surface area contributed by atoms with Gasteiger partial charge in [0.05, 0.1) is 47.6 Å². The van der Waals surface area contributed by atoms with E-state index in [-0.39, 0.29) is 37.3 Å². The van der Waals surface area contributed by atoms with E-state index in [9.17, 15) is 30.3 Å². The summed E-state index contributed by atoms with van der Waals surface area (Å²) >= 11 is 0. The number of aliphatic hydroxyl groups excluding tert-OH is 3. The summed E-state index contributed by atoms with van der Waals surface area (Å²) in [5.74, 6) is -2.61. The summed E-state index contributed by atoms with van der Waals surface area (Å²) in [4.78, 5) is 16.2. The van der Waals surface area contributed by atoms with Gasteiger partial charge < -0.3 is 64.2 Å². The molecule has 300 valence electrons. The lowest BCUT2D eigenvalue weighted by Crippen LogP contribution is -2.60. The number of cyclic esters (lactones) is 1. The first-order valence-electron chi connectivity index (χ1n) is 18.8. The van der Waals surface area contributed by atoms with Crippen LogP contribution in [0.15, 0.2) is 0 Å². The summed E-state index contributed by atoms with van der Waals surface area (Å²) in [6.45, 7) is 17.9. The number of ether oxygens (including phenoxy) is 6. The lowest BCUT2D eigenvalue weighted by Gasteiger charge is -2.48. The quantitative estimate of drug-likeness (QED) is 0.187. The third-order valence-electron chi connectivity index (χ3n) is 11.7. The number of rotatable bonds is 9. The monoisotopic (exact) mass is 734 g/mol. The van der Waals surface area contributed by atoms with E-state index < -0.39 is 96.0 Å². The maximum Gasteiger partial charge on any atom is 0.311 e. The van der Waals surface area contributed by atoms with Crippen LogP contribution in [0.1, 0.15) is 94.9 Å². The Kier molecular flexibility index (Phi) is 15.3. The van der Waals surface area contributed by atoms with Gasteiger partial charge in [0, 0.05) is 31.5 Å². The Morgan fingerprint density at radius 1 is 1.06 bits per heavy atom. The molecule has 0 aromatic carbocycles. The van der Waals surface area contributed by atoms with Crippen molar-refractivity contribution in [2.75, 3.05) is 27.7 Å². The Bertz CT molecular complexity index is 1110. The van der Waals surface area contributed by atoms with Crippen LogP contribution in [-0.2, 0) is 33.2 Å². The van der Waals surface area contributed by atoms with Crippen molar-refractivity contribution in [2.24, 2.45) is 17.8 Å². The summed E-state index contributed by atoms with van der Waals surface area (Å²) in [6, 6.07) is -0.853. The van der Waals surface area contributed by atoms with Crippen molar-refractivity contribution in [1.82, 2.24) is 10.2 Å². The lowest BCUT2D eigenvalue weighted by atomic mass is 9.77. The molecule has 0 radical (unpaired) electrons. The van der Waals surface area contributed by atoms with Gasteiger partial charge in [-0.3, -0.25) is 4.79 Å². The first-order valence-corrected chi connectivity index (χ1v) is 18.8. The number of likely N-dealkylation sites (N-methyl/N-ethyl adjacent to an activating group) is 1. The molecule has 3 rings (SSSR count). The maximum absolute atomic E-state index is 14.3. The second-order valence-corrected chi connectivity index (χ2v) is 16.7. The van der Waals surface area contributed by atoms with Crippen molar-refractivity contribution in [1.29, 1.82) is 0 Å². The molecule has 0 bridgehead atoms. The molecule has 14 nitrogen and oxygen atoms in total. The van der Waals surface area contributed by atoms with Crippen molar-refractivity contribution in [3.05, 3.63) is 0 Å². The fourth-order valence-corrected chi connectivity index (χ4v) is 8.36. The molecule has 0 unspecified atom stereocenters. The number of methoxy groups -OCH3 is 1. The van der Waals surface area contributed by atoms with Crippen LogP contribution < -0.4 is 5.32 Å². The van der Waals surface area contributed by atoms with E-state index in [0.717, 1.165) is 0 Å². The largest absolute Gasteiger partial charge is 0.457 e. The minimum absolute atomic E-state index is 0.131. The number of esters is 1. The van der Waals surface area contributed by atoms with Crippen molar-refractivity contribution in [2.45, 2.75) is 185 Å². The Hall–Kier alpha value is -1.01. The predicted octanol–water partition coefficient (Wildman–Crippen LogP) is 1.56. The molecule has 14 heteroatoms. The zero-order chi connectivity index (χ0) is 38.8. The Morgan fingerprint density at radius 3 is 2.25 bits per heavy atom. The van der Waals surface area contributed by atoms with E-state index in [1.165, 1.54) is 14.0 Å². The van der Waals surface area contributed by atoms with E-state index in [1.54, 1.807) is 41.5 Å². The first-order chi connectivity index (χ1) is 23.5. The average molecular weight is 735 g/mol. The summed E-state index contributed by atoms with van der Waals surface area (Å²) in [7, 11) is 5.27. The second kappa shape index (κ2) is 17.6. The van der Waals surface area contributed by atoms with Gasteiger partial charge >= 0.3 is 5.97 Å². The van der Waals surface area contributed by atoms with Gasteiger partial charge in [-0.1, -0.05) is 20.8 Å². The number of aliphatic hydroxyl groups is 5. The minimum atomic E-state index is -1.80. The molecule has 0 saturated carbocycles. The number of nitrogens with zero attached hydrogens (tertiary/aromatic N) is 1. The Balaban J connectivity index is 2.14. The molecule has 3 aliphatic rings. The van der Waals surface area contributed by atoms with Crippen molar-refractivity contribution in [3.63, 3.8) is 0 Å². The molecule has 0 aromatic heterocycles. The highest BCUT2D eigenvalue weighted by molar-refractivity contribution is 5.73. The molecule has 3 heterocycles. The van der Waals surface area contributed by atoms with Crippen molar-refractivity contribution in [3.8, 4) is 0 Å². The molecular weight excluding hydrogens is 664 g/mol. The van der Waals surface area contributed by atoms with Crippen LogP contribution in [0.2, 0.25) is 0 Å². The lowest BCUT2D eigenvalue weighted by molar-refractivity contribution is -0.318. The molecule has 51 heavy (non-hydrogen) atoms. The third kappa shape index (κ3) is 10.2. The van der Waals surface area contributed by atoms with Gasteiger partial charge in [-0.25, -0.2) is 0 Å². The SMILES string of the molecule is CC[C@@H](O)[C@@](C)(O)[C@@H]1OC(=O)[C@H](C)[C@@H](O[C@H]2C[C@@](C)(OC)[C@@H](O)[C@H](C)O2)[C@H](C)[C@@H](O[C@@H]2O[C@H](C)C[C@H](N(C)C)[C@H]2O)[C@](C)(O)C[C@@H](C)CN[C@@H]1C. The van der Waals surface area contributed by atoms with Gasteiger partial charge in [0.15, 0.2) is 12.6 Å². The van der Waals surface area contributed by atoms with E-state index in [2.05, 4.69) is 5.32 Å². The smallest absolute Gasteiger partial charge is 0.311 e. The summed E-state index contributed by atoms with van der Waals surface area (Å²) in [5.41, 5.74) is -4.35. The van der Waals surface area contributed by atoms with Gasteiger partial charge in [0.2, 0.25) is 0 Å². The number of carbonyl (C=O) groups is 1. The van der Waals surface area contributed by atoms with Crippen LogP contribution >= 0.6 is 0 Å². The highest BCUT2D eigenvalue weighted by Gasteiger charge is 2.52. The van der Waals surface area contributed by atoms with Crippen LogP contribution in [-0.4, -0.2) is 154 Å². The van der Waals surface area contributed by atoms with Gasteiger partial charge in [-0.05, 0) is 94.3 Å². The van der Waals surface area contributed by atoms with Gasteiger partial charge in [0.25, 0.3) is 0 Å². The zero-order valence-electron chi connectivity index (χ0n) is 33.2. The van der Waals surface area contributed by atoms with E-state index >= 15 is 0 Å². The maximum atomic E-state index is 14.3. The topological polar surface area (TPSA) is 189 Å². The fraction of sp³-hybridized carbons (Fsp3) is 0.973. The van der Waals surface area contributed by atoms with Crippen LogP contribution in [0.4, 0.5) is 0 Å². The molecule has 0 amide bonds. The molecule has 3 saturated heterocycles. The molecule has 0 aliphatic carbocycles. The Labute approximate surface area is 305 Å². The zero-order valence-corrected chi connectivity index (χ0v) is 33.2. The van der Waals surface area contributed by atoms with E-state index in [0.29, 0.717) is 13.0 Å². The molecular formula is C37H70N2O12. The average Bonchev–Trinajstić information content (AvgIpc) is 3.05. The minimum Gasteiger partial charge on any atom is -0.457 e. The normalized spacial score (nSPS) is 47.0. The predicted molar refractivity (Wildman–Crippen MR) is 190 cm³/mol. The molecule has 0 aromatic rings. The van der Waals surface area contributed by atoms with Crippen LogP contribution in [0, 0.1) is 17.8 Å². The van der Waals surface area contributed by atoms with Crippen molar-refractivity contribution >= 4 is 5.97 Å². The Morgan fingerprint density at radius 2 is 1.69 bits per heavy atom. The highest BCUT2D eigenvalue weighted by atomic mass is 16.7. The van der Waals surface area contributed by atoms with Crippen LogP contribution in [0.25, 0.3) is 0 Å². The summed E-state index contributed by atoms with van der Waals surface area (Å²) in [5, 5.41) is 60.5. The fourth-order valence-electron chi connectivity index (χ4n) is 8.36. The van der Waals surface area contributed by atoms with E-state index in [4.69, 9.17) is 28.4 Å². The molecule has 3 aliphatic heterocycles. The number of nitrogens with one attached hydrogen (secondary N) is 1. The summed E-state index contributed by atoms with van der Waals surface area (Å²) in [6.07, 6.45) is -8.13. The number of hydrogen-bond donors (Lipinski definition) is 6. The van der Waals surface area contributed by atoms with Crippen molar-refractivity contribution < 1.29 is 58.7 Å². The van der Waals surface area contributed by atoms with Gasteiger partial charge in [-0.15, -0.1) is 0 Å². The number of hydrogen-bond acceptors (Lipinski definition) is 14. The number of carbonyl (C=O) groups excluding carboxylic acids is 1. The molecule has 3 fully saturated rings. The first kappa shape index (κ1) is 44.4. The highest BCUT2D eigenvalue weighted by Crippen LogP contribution is 2.40. The standard InChI is InChI=1S/C37H70N2O12/c1-14-26(40)37(10,45)32-23(6)38-18-19(2)16-35(8,44)31(51-34-28(41)25(39(11)12)15-20(3)47-34)21(4)29(22(5)33(43)50-32)49-27-17-36(9,46-13)30(42)24(7)48-27/h19-32,34,38,40-42,44-45H,14-18H2,1-13H3/t19-,20-,21+,22-,23-,24+,25+,26-,27+,28-,29+,30+,31-,32-,34+,35-,36-,37-/m1/s1. The van der Waals surface area contributed by atoms with Gasteiger partial charge in [0.1, 0.15) is 23.9 Å². The third-order valence-corrected chi connectivity index (χ3v) is 11.7. The summed E-state index contributed by atoms with van der Waals surface area (Å²) < 4.78 is 37.5. The van der Waals surface area contributed by atoms with E-state index in [1.807, 2.05) is 39.8 Å². The molecule has 18 atom stereocenters. The van der Waals surface area contributed by atoms with Crippen LogP contribution in [0.3, 0.4) is 0 Å². The molecule has 6 N–H and O–H groups in total. The molecule has 0 spiro atoms.